The van der Waals surface area contributed by atoms with Gasteiger partial charge in [-0.1, -0.05) is 6.92 Å². The number of morpholine rings is 1. The Kier molecular flexibility index (Phi) is 3.02. The molecule has 2 atom stereocenters. The lowest BCUT2D eigenvalue weighted by Gasteiger charge is -2.29. The highest BCUT2D eigenvalue weighted by atomic mass is 16.5. The standard InChI is InChI=1S/C10H16N2O3/c1-2-11-5-6-12-9(13)7-3-4-8(15-7)10(12)14/h7-8,11H,2-6H2,1H3. The zero-order chi connectivity index (χ0) is 10.8. The Morgan fingerprint density at radius 3 is 2.47 bits per heavy atom. The third-order valence-corrected chi connectivity index (χ3v) is 2.86. The molecule has 2 heterocycles. The number of likely N-dealkylation sites (N-methyl/N-ethyl adjacent to an activating group) is 1. The van der Waals surface area contributed by atoms with E-state index in [1.54, 1.807) is 0 Å². The SMILES string of the molecule is CCNCCN1C(=O)C2CCC(O2)C1=O. The van der Waals surface area contributed by atoms with Gasteiger partial charge in [0.05, 0.1) is 0 Å². The fourth-order valence-corrected chi connectivity index (χ4v) is 2.04. The number of ether oxygens (including phenoxy) is 1. The number of nitrogens with one attached hydrogen (secondary N) is 1. The molecule has 2 bridgehead atoms. The van der Waals surface area contributed by atoms with E-state index in [-0.39, 0.29) is 24.0 Å². The quantitative estimate of drug-likeness (QED) is 0.505. The number of hydrogen-bond donors (Lipinski definition) is 1. The van der Waals surface area contributed by atoms with Gasteiger partial charge >= 0.3 is 0 Å². The largest absolute Gasteiger partial charge is 0.355 e. The summed E-state index contributed by atoms with van der Waals surface area (Å²) in [5, 5.41) is 3.10. The molecule has 0 spiro atoms. The molecule has 2 amide bonds. The van der Waals surface area contributed by atoms with Gasteiger partial charge < -0.3 is 10.1 Å². The summed E-state index contributed by atoms with van der Waals surface area (Å²) < 4.78 is 5.30. The van der Waals surface area contributed by atoms with Crippen molar-refractivity contribution in [1.82, 2.24) is 10.2 Å². The van der Waals surface area contributed by atoms with Gasteiger partial charge in [0.15, 0.2) is 0 Å². The minimum Gasteiger partial charge on any atom is -0.355 e. The van der Waals surface area contributed by atoms with Crippen LogP contribution in [-0.4, -0.2) is 48.6 Å². The third-order valence-electron chi connectivity index (χ3n) is 2.86. The molecular formula is C10H16N2O3. The third kappa shape index (κ3) is 1.89. The van der Waals surface area contributed by atoms with E-state index in [1.807, 2.05) is 6.92 Å². The minimum atomic E-state index is -0.366. The van der Waals surface area contributed by atoms with E-state index in [4.69, 9.17) is 4.74 Å². The van der Waals surface area contributed by atoms with Gasteiger partial charge in [-0.2, -0.15) is 0 Å². The second kappa shape index (κ2) is 4.28. The molecule has 84 valence electrons. The van der Waals surface area contributed by atoms with Crippen LogP contribution < -0.4 is 5.32 Å². The number of amides is 2. The van der Waals surface area contributed by atoms with E-state index < -0.39 is 0 Å². The van der Waals surface area contributed by atoms with Crippen molar-refractivity contribution >= 4 is 11.8 Å². The number of carbonyl (C=O) groups excluding carboxylic acids is 2. The van der Waals surface area contributed by atoms with Crippen molar-refractivity contribution in [3.8, 4) is 0 Å². The van der Waals surface area contributed by atoms with Crippen LogP contribution in [0.2, 0.25) is 0 Å². The van der Waals surface area contributed by atoms with Crippen molar-refractivity contribution in [2.45, 2.75) is 32.0 Å². The van der Waals surface area contributed by atoms with Gasteiger partial charge in [-0.15, -0.1) is 0 Å². The lowest BCUT2D eigenvalue weighted by Crippen LogP contribution is -2.53. The van der Waals surface area contributed by atoms with E-state index in [1.165, 1.54) is 4.90 Å². The van der Waals surface area contributed by atoms with E-state index >= 15 is 0 Å². The van der Waals surface area contributed by atoms with Gasteiger partial charge in [-0.25, -0.2) is 0 Å². The Hall–Kier alpha value is -0.940. The molecule has 0 aliphatic carbocycles. The van der Waals surface area contributed by atoms with Crippen molar-refractivity contribution in [3.05, 3.63) is 0 Å². The smallest absolute Gasteiger partial charge is 0.258 e. The molecule has 0 aromatic heterocycles. The summed E-state index contributed by atoms with van der Waals surface area (Å²) in [7, 11) is 0. The lowest BCUT2D eigenvalue weighted by molar-refractivity contribution is -0.168. The molecule has 5 nitrogen and oxygen atoms in total. The first-order valence-corrected chi connectivity index (χ1v) is 5.45. The van der Waals surface area contributed by atoms with Crippen LogP contribution in [0.25, 0.3) is 0 Å². The Labute approximate surface area is 88.8 Å². The first kappa shape index (κ1) is 10.6. The maximum Gasteiger partial charge on any atom is 0.258 e. The molecule has 1 N–H and O–H groups in total. The number of fused-ring (bicyclic) bond motifs is 2. The van der Waals surface area contributed by atoms with Crippen LogP contribution in [0.1, 0.15) is 19.8 Å². The molecular weight excluding hydrogens is 196 g/mol. The van der Waals surface area contributed by atoms with Gasteiger partial charge in [0.2, 0.25) is 0 Å². The van der Waals surface area contributed by atoms with Crippen molar-refractivity contribution in [3.63, 3.8) is 0 Å². The van der Waals surface area contributed by atoms with Crippen LogP contribution >= 0.6 is 0 Å². The van der Waals surface area contributed by atoms with Crippen molar-refractivity contribution < 1.29 is 14.3 Å². The van der Waals surface area contributed by atoms with Crippen molar-refractivity contribution in [2.24, 2.45) is 0 Å². The maximum atomic E-state index is 11.7. The Balaban J connectivity index is 1.97. The molecule has 0 saturated carbocycles. The zero-order valence-electron chi connectivity index (χ0n) is 8.86. The molecule has 5 heteroatoms. The Morgan fingerprint density at radius 1 is 1.33 bits per heavy atom. The number of carbonyl (C=O) groups is 2. The van der Waals surface area contributed by atoms with Crippen LogP contribution in [0.15, 0.2) is 0 Å². The van der Waals surface area contributed by atoms with E-state index in [0.717, 1.165) is 6.54 Å². The highest BCUT2D eigenvalue weighted by Gasteiger charge is 2.45. The van der Waals surface area contributed by atoms with Crippen LogP contribution in [-0.2, 0) is 14.3 Å². The molecule has 2 aliphatic heterocycles. The second-order valence-electron chi connectivity index (χ2n) is 3.87. The summed E-state index contributed by atoms with van der Waals surface area (Å²) in [5.74, 6) is -0.321. The minimum absolute atomic E-state index is 0.161. The van der Waals surface area contributed by atoms with Crippen LogP contribution in [0.5, 0.6) is 0 Å². The predicted molar refractivity (Wildman–Crippen MR) is 53.2 cm³/mol. The fourth-order valence-electron chi connectivity index (χ4n) is 2.04. The fraction of sp³-hybridized carbons (Fsp3) is 0.800. The van der Waals surface area contributed by atoms with Gasteiger partial charge in [-0.3, -0.25) is 14.5 Å². The monoisotopic (exact) mass is 212 g/mol. The average Bonchev–Trinajstić information content (AvgIpc) is 2.67. The molecule has 2 rings (SSSR count). The molecule has 0 aromatic rings. The highest BCUT2D eigenvalue weighted by Crippen LogP contribution is 2.27. The molecule has 15 heavy (non-hydrogen) atoms. The number of imide groups is 1. The molecule has 0 aromatic carbocycles. The second-order valence-corrected chi connectivity index (χ2v) is 3.87. The van der Waals surface area contributed by atoms with Gasteiger partial charge in [0.25, 0.3) is 11.8 Å². The first-order chi connectivity index (χ1) is 7.24. The summed E-state index contributed by atoms with van der Waals surface area (Å²) in [6, 6.07) is 0. The van der Waals surface area contributed by atoms with Gasteiger partial charge in [-0.05, 0) is 19.4 Å². The zero-order valence-corrected chi connectivity index (χ0v) is 8.86. The summed E-state index contributed by atoms with van der Waals surface area (Å²) >= 11 is 0. The lowest BCUT2D eigenvalue weighted by atomic mass is 10.2. The number of nitrogens with zero attached hydrogens (tertiary/aromatic N) is 1. The summed E-state index contributed by atoms with van der Waals surface area (Å²) in [5.41, 5.74) is 0. The topological polar surface area (TPSA) is 58.6 Å². The van der Waals surface area contributed by atoms with E-state index in [0.29, 0.717) is 25.9 Å². The van der Waals surface area contributed by atoms with E-state index in [9.17, 15) is 9.59 Å². The highest BCUT2D eigenvalue weighted by molar-refractivity contribution is 6.02. The maximum absolute atomic E-state index is 11.7. The number of hydrogen-bond acceptors (Lipinski definition) is 4. The average molecular weight is 212 g/mol. The number of rotatable bonds is 4. The number of likely N-dealkylation sites (tertiary alicyclic amines) is 1. The van der Waals surface area contributed by atoms with Crippen molar-refractivity contribution in [1.29, 1.82) is 0 Å². The summed E-state index contributed by atoms with van der Waals surface area (Å²) in [4.78, 5) is 24.8. The first-order valence-electron chi connectivity index (χ1n) is 5.45. The predicted octanol–water partition coefficient (Wildman–Crippen LogP) is -0.488. The Morgan fingerprint density at radius 2 is 1.93 bits per heavy atom. The van der Waals surface area contributed by atoms with Crippen LogP contribution in [0.3, 0.4) is 0 Å². The molecule has 2 fully saturated rings. The normalized spacial score (nSPS) is 30.1. The molecule has 2 unspecified atom stereocenters. The molecule has 2 saturated heterocycles. The van der Waals surface area contributed by atoms with Crippen LogP contribution in [0, 0.1) is 0 Å². The van der Waals surface area contributed by atoms with Gasteiger partial charge in [0.1, 0.15) is 12.2 Å². The van der Waals surface area contributed by atoms with Gasteiger partial charge in [0, 0.05) is 13.1 Å². The summed E-state index contributed by atoms with van der Waals surface area (Å²) in [6.45, 7) is 3.96. The summed E-state index contributed by atoms with van der Waals surface area (Å²) in [6.07, 6.45) is 0.642. The Bertz CT molecular complexity index is 258. The van der Waals surface area contributed by atoms with E-state index in [2.05, 4.69) is 5.32 Å². The van der Waals surface area contributed by atoms with Crippen LogP contribution in [0.4, 0.5) is 0 Å². The molecule has 0 radical (unpaired) electrons. The molecule has 2 aliphatic rings. The van der Waals surface area contributed by atoms with Crippen molar-refractivity contribution in [2.75, 3.05) is 19.6 Å².